The number of nitrogens with zero attached hydrogens (tertiary/aromatic N) is 5. The van der Waals surface area contributed by atoms with Gasteiger partial charge in [-0.1, -0.05) is 18.4 Å². The van der Waals surface area contributed by atoms with Crippen LogP contribution in [0.15, 0.2) is 24.3 Å². The normalized spacial score (nSPS) is 21.8. The van der Waals surface area contributed by atoms with Gasteiger partial charge in [0.25, 0.3) is 0 Å². The minimum absolute atomic E-state index is 0.0623. The highest BCUT2D eigenvalue weighted by Crippen LogP contribution is 2.48. The zero-order valence-corrected chi connectivity index (χ0v) is 26.4. The molecule has 1 aliphatic carbocycles. The fourth-order valence-corrected chi connectivity index (χ4v) is 7.84. The number of likely N-dealkylation sites (tertiary alicyclic amines) is 1. The van der Waals surface area contributed by atoms with E-state index in [0.29, 0.717) is 45.4 Å². The van der Waals surface area contributed by atoms with Crippen molar-refractivity contribution in [3.63, 3.8) is 0 Å². The number of benzene rings is 2. The first-order valence-corrected chi connectivity index (χ1v) is 16.1. The third-order valence-electron chi connectivity index (χ3n) is 9.95. The summed E-state index contributed by atoms with van der Waals surface area (Å²) in [5.74, 6) is -0.329. The second kappa shape index (κ2) is 12.9. The van der Waals surface area contributed by atoms with Crippen LogP contribution in [0.2, 0.25) is 0 Å². The Morgan fingerprint density at radius 2 is 1.90 bits per heavy atom. The lowest BCUT2D eigenvalue weighted by atomic mass is 9.76. The average Bonchev–Trinajstić information content (AvgIpc) is 3.32. The van der Waals surface area contributed by atoms with Gasteiger partial charge in [0.15, 0.2) is 5.82 Å². The number of terminal acetylenes is 1. The van der Waals surface area contributed by atoms with Crippen LogP contribution in [-0.4, -0.2) is 84.1 Å². The van der Waals surface area contributed by atoms with Crippen LogP contribution in [-0.2, 0) is 4.74 Å². The number of piperidine rings is 1. The Morgan fingerprint density at radius 1 is 1.06 bits per heavy atom. The van der Waals surface area contributed by atoms with Gasteiger partial charge < -0.3 is 29.1 Å². The number of rotatable bonds is 7. The van der Waals surface area contributed by atoms with Crippen molar-refractivity contribution in [1.29, 1.82) is 0 Å². The van der Waals surface area contributed by atoms with Gasteiger partial charge in [-0.05, 0) is 69.3 Å². The van der Waals surface area contributed by atoms with Crippen molar-refractivity contribution in [1.82, 2.24) is 19.9 Å². The number of anilines is 1. The molecular weight excluding hydrogens is 630 g/mol. The first-order valence-electron chi connectivity index (χ1n) is 16.1. The molecule has 0 spiro atoms. The van der Waals surface area contributed by atoms with Crippen LogP contribution in [0.5, 0.6) is 17.6 Å². The second-order valence-electron chi connectivity index (χ2n) is 12.8. The van der Waals surface area contributed by atoms with E-state index in [9.17, 15) is 18.3 Å². The van der Waals surface area contributed by atoms with Crippen LogP contribution in [0.3, 0.4) is 0 Å². The molecule has 2 aromatic heterocycles. The fraction of sp³-hybridized carbons (Fsp3) is 0.457. The van der Waals surface area contributed by atoms with Crippen molar-refractivity contribution in [2.75, 3.05) is 51.4 Å². The molecule has 48 heavy (non-hydrogen) atoms. The van der Waals surface area contributed by atoms with Gasteiger partial charge in [-0.15, -0.1) is 6.42 Å². The topological polar surface area (TPSA) is 93.1 Å². The molecule has 2 saturated heterocycles. The van der Waals surface area contributed by atoms with Gasteiger partial charge in [0.2, 0.25) is 5.88 Å². The molecule has 13 heteroatoms. The summed E-state index contributed by atoms with van der Waals surface area (Å²) < 4.78 is 76.8. The van der Waals surface area contributed by atoms with Crippen molar-refractivity contribution >= 4 is 27.5 Å². The molecule has 1 N–H and O–H groups in total. The lowest BCUT2D eigenvalue weighted by Gasteiger charge is -2.44. The fourth-order valence-electron chi connectivity index (χ4n) is 7.84. The molecular formula is C35H35F4N5O4. The molecule has 9 nitrogen and oxygen atoms in total. The van der Waals surface area contributed by atoms with Crippen molar-refractivity contribution < 1.29 is 36.9 Å². The van der Waals surface area contributed by atoms with Gasteiger partial charge in [-0.3, -0.25) is 0 Å². The van der Waals surface area contributed by atoms with Gasteiger partial charge in [0, 0.05) is 42.1 Å². The molecule has 0 bridgehead atoms. The third kappa shape index (κ3) is 5.71. The number of halogens is 4. The molecule has 2 atom stereocenters. The minimum Gasteiger partial charge on any atom is -0.508 e. The molecule has 4 aromatic rings. The SMILES string of the molecule is C#Cc1c(F)ccc2cc(O)cc(-c3nc(OC(F)F)c4c(N5CCCOCC5)nc(OCC56CCCC5N(C)CCC6)nc4c3F)c12. The van der Waals surface area contributed by atoms with Crippen LogP contribution in [0.4, 0.5) is 23.4 Å². The number of hydrogen-bond donors (Lipinski definition) is 1. The number of aromatic hydroxyl groups is 1. The van der Waals surface area contributed by atoms with Gasteiger partial charge in [-0.2, -0.15) is 18.7 Å². The number of ether oxygens (including phenoxy) is 3. The molecule has 3 aliphatic rings. The summed E-state index contributed by atoms with van der Waals surface area (Å²) in [4.78, 5) is 17.5. The van der Waals surface area contributed by atoms with Crippen LogP contribution in [0.25, 0.3) is 32.9 Å². The third-order valence-corrected chi connectivity index (χ3v) is 9.95. The number of fused-ring (bicyclic) bond motifs is 3. The first-order chi connectivity index (χ1) is 23.2. The Bertz CT molecular complexity index is 1910. The van der Waals surface area contributed by atoms with E-state index < -0.39 is 29.8 Å². The summed E-state index contributed by atoms with van der Waals surface area (Å²) in [6.45, 7) is -0.453. The standard InChI is InChI=1S/C35H35F4N5O4/c1-3-22-24(36)9-8-20-17-21(45)18-23(26(20)22)29-28(37)30-27(32(40-29)48-33(38)39)31(44-13-6-15-46-16-14-44)42-34(41-30)47-19-35-10-4-7-25(35)43(2)12-5-11-35/h1,8-9,17-18,25,33,45H,4-7,10-16,19H2,2H3. The highest BCUT2D eigenvalue weighted by molar-refractivity contribution is 6.04. The van der Waals surface area contributed by atoms with Crippen molar-refractivity contribution in [3.05, 3.63) is 41.5 Å². The summed E-state index contributed by atoms with van der Waals surface area (Å²) in [5, 5.41) is 10.8. The smallest absolute Gasteiger partial charge is 0.388 e. The largest absolute Gasteiger partial charge is 0.508 e. The van der Waals surface area contributed by atoms with Crippen molar-refractivity contribution in [3.8, 4) is 41.2 Å². The van der Waals surface area contributed by atoms with Crippen LogP contribution < -0.4 is 14.4 Å². The number of aromatic nitrogens is 3. The van der Waals surface area contributed by atoms with E-state index in [0.717, 1.165) is 50.8 Å². The minimum atomic E-state index is -3.34. The maximum Gasteiger partial charge on any atom is 0.388 e. The Kier molecular flexibility index (Phi) is 8.64. The molecule has 1 saturated carbocycles. The highest BCUT2D eigenvalue weighted by Gasteiger charge is 2.47. The molecule has 0 amide bonds. The van der Waals surface area contributed by atoms with Crippen molar-refractivity contribution in [2.24, 2.45) is 5.41 Å². The van der Waals surface area contributed by atoms with Crippen LogP contribution in [0, 0.1) is 29.4 Å². The maximum atomic E-state index is 17.0. The summed E-state index contributed by atoms with van der Waals surface area (Å²) >= 11 is 0. The van der Waals surface area contributed by atoms with Gasteiger partial charge in [0.05, 0.1) is 18.8 Å². The Labute approximate surface area is 274 Å². The molecule has 252 valence electrons. The van der Waals surface area contributed by atoms with Crippen LogP contribution in [0.1, 0.15) is 44.1 Å². The Hall–Kier alpha value is -4.41. The highest BCUT2D eigenvalue weighted by atomic mass is 19.3. The zero-order chi connectivity index (χ0) is 33.6. The molecule has 7 rings (SSSR count). The van der Waals surface area contributed by atoms with E-state index in [-0.39, 0.29) is 55.8 Å². The lowest BCUT2D eigenvalue weighted by molar-refractivity contribution is -0.0516. The first kappa shape index (κ1) is 32.2. The molecule has 2 unspecified atom stereocenters. The quantitative estimate of drug-likeness (QED) is 0.181. The monoisotopic (exact) mass is 665 g/mol. The summed E-state index contributed by atoms with van der Waals surface area (Å²) in [5.41, 5.74) is -1.35. The number of hydrogen-bond acceptors (Lipinski definition) is 9. The number of pyridine rings is 1. The maximum absolute atomic E-state index is 17.0. The summed E-state index contributed by atoms with van der Waals surface area (Å²) in [7, 11) is 2.12. The van der Waals surface area contributed by atoms with E-state index >= 15 is 4.39 Å². The van der Waals surface area contributed by atoms with Crippen molar-refractivity contribution in [2.45, 2.75) is 51.2 Å². The summed E-state index contributed by atoms with van der Waals surface area (Å²) in [6, 6.07) is 5.19. The van der Waals surface area contributed by atoms with Gasteiger partial charge in [0.1, 0.15) is 34.0 Å². The number of alkyl halides is 2. The Morgan fingerprint density at radius 3 is 2.71 bits per heavy atom. The second-order valence-corrected chi connectivity index (χ2v) is 12.8. The lowest BCUT2D eigenvalue weighted by Crippen LogP contribution is -2.50. The Balaban J connectivity index is 1.45. The predicted molar refractivity (Wildman–Crippen MR) is 172 cm³/mol. The predicted octanol–water partition coefficient (Wildman–Crippen LogP) is 6.28. The molecule has 2 aromatic carbocycles. The van der Waals surface area contributed by atoms with E-state index in [2.05, 4.69) is 32.8 Å². The van der Waals surface area contributed by atoms with Gasteiger partial charge >= 0.3 is 12.6 Å². The van der Waals surface area contributed by atoms with Crippen LogP contribution >= 0.6 is 0 Å². The molecule has 0 radical (unpaired) electrons. The number of phenols is 1. The molecule has 2 aliphatic heterocycles. The van der Waals surface area contributed by atoms with E-state index in [1.54, 1.807) is 4.90 Å². The molecule has 3 fully saturated rings. The zero-order valence-electron chi connectivity index (χ0n) is 26.4. The summed E-state index contributed by atoms with van der Waals surface area (Å²) in [6.07, 6.45) is 11.3. The average molecular weight is 666 g/mol. The van der Waals surface area contributed by atoms with E-state index in [1.165, 1.54) is 12.1 Å². The number of phenolic OH excluding ortho intramolecular Hbond substituents is 1. The molecule has 4 heterocycles. The van der Waals surface area contributed by atoms with Gasteiger partial charge in [-0.25, -0.2) is 13.8 Å². The van der Waals surface area contributed by atoms with E-state index in [1.807, 2.05) is 0 Å². The van der Waals surface area contributed by atoms with E-state index in [4.69, 9.17) is 20.6 Å².